The molecule has 6 heteroatoms. The van der Waals surface area contributed by atoms with E-state index in [9.17, 15) is 4.79 Å². The average molecular weight is 393 g/mol. The van der Waals surface area contributed by atoms with Gasteiger partial charge in [0.2, 0.25) is 5.91 Å². The van der Waals surface area contributed by atoms with Gasteiger partial charge in [0, 0.05) is 34.3 Å². The highest BCUT2D eigenvalue weighted by atomic mass is 16.6. The second kappa shape index (κ2) is 7.54. The Hall–Kier alpha value is -3.41. The van der Waals surface area contributed by atoms with Gasteiger partial charge in [-0.25, -0.2) is 0 Å². The lowest BCUT2D eigenvalue weighted by molar-refractivity contribution is -0.111. The van der Waals surface area contributed by atoms with Gasteiger partial charge in [-0.1, -0.05) is 0 Å². The van der Waals surface area contributed by atoms with Crippen molar-refractivity contribution in [3.8, 4) is 17.2 Å². The number of nitrogens with one attached hydrogen (secondary N) is 1. The molecule has 1 amide bonds. The Kier molecular flexibility index (Phi) is 4.92. The SMILES string of the molecule is COc1c(/C(C)=C/C(=O)Nc2ccc3c(c2)OCCO3)cc2c(C)coc2c1C. The van der Waals surface area contributed by atoms with Crippen LogP contribution in [0.3, 0.4) is 0 Å². The Labute approximate surface area is 169 Å². The van der Waals surface area contributed by atoms with Crippen molar-refractivity contribution in [2.24, 2.45) is 0 Å². The first-order chi connectivity index (χ1) is 14.0. The molecule has 2 heterocycles. The summed E-state index contributed by atoms with van der Waals surface area (Å²) in [5.74, 6) is 1.79. The monoisotopic (exact) mass is 393 g/mol. The standard InChI is InChI=1S/C23H23NO5/c1-13(17-11-18-14(2)12-29-23(18)15(3)22(17)26-4)9-21(25)24-16-5-6-19-20(10-16)28-8-7-27-19/h5-6,9-12H,7-8H2,1-4H3,(H,24,25)/b13-9+. The summed E-state index contributed by atoms with van der Waals surface area (Å²) >= 11 is 0. The van der Waals surface area contributed by atoms with Crippen LogP contribution in [0.2, 0.25) is 0 Å². The number of hydrogen-bond acceptors (Lipinski definition) is 5. The number of allylic oxidation sites excluding steroid dienone is 1. The molecule has 0 spiro atoms. The molecule has 1 N–H and O–H groups in total. The summed E-state index contributed by atoms with van der Waals surface area (Å²) in [7, 11) is 1.62. The van der Waals surface area contributed by atoms with Gasteiger partial charge in [-0.05, 0) is 50.1 Å². The van der Waals surface area contributed by atoms with Crippen LogP contribution in [0.15, 0.2) is 41.0 Å². The molecule has 6 nitrogen and oxygen atoms in total. The summed E-state index contributed by atoms with van der Waals surface area (Å²) in [6.07, 6.45) is 3.30. The summed E-state index contributed by atoms with van der Waals surface area (Å²) in [4.78, 5) is 12.6. The Bertz CT molecular complexity index is 1130. The van der Waals surface area contributed by atoms with Gasteiger partial charge in [0.05, 0.1) is 13.4 Å². The van der Waals surface area contributed by atoms with E-state index in [1.54, 1.807) is 37.6 Å². The van der Waals surface area contributed by atoms with Crippen LogP contribution in [0.4, 0.5) is 5.69 Å². The van der Waals surface area contributed by atoms with E-state index in [1.165, 1.54) is 0 Å². The van der Waals surface area contributed by atoms with E-state index in [2.05, 4.69) is 5.32 Å². The van der Waals surface area contributed by atoms with Crippen molar-refractivity contribution in [2.75, 3.05) is 25.6 Å². The summed E-state index contributed by atoms with van der Waals surface area (Å²) < 4.78 is 22.4. The fourth-order valence-corrected chi connectivity index (χ4v) is 3.57. The number of aryl methyl sites for hydroxylation is 2. The minimum absolute atomic E-state index is 0.233. The van der Waals surface area contributed by atoms with E-state index < -0.39 is 0 Å². The maximum atomic E-state index is 12.6. The van der Waals surface area contributed by atoms with Gasteiger partial charge in [-0.2, -0.15) is 0 Å². The van der Waals surface area contributed by atoms with Crippen LogP contribution >= 0.6 is 0 Å². The van der Waals surface area contributed by atoms with E-state index >= 15 is 0 Å². The largest absolute Gasteiger partial charge is 0.496 e. The molecule has 0 saturated carbocycles. The highest BCUT2D eigenvalue weighted by Gasteiger charge is 2.17. The number of ether oxygens (including phenoxy) is 3. The zero-order valence-electron chi connectivity index (χ0n) is 16.9. The van der Waals surface area contributed by atoms with Crippen LogP contribution in [0.5, 0.6) is 17.2 Å². The third-order valence-corrected chi connectivity index (χ3v) is 5.02. The van der Waals surface area contributed by atoms with Crippen molar-refractivity contribution in [1.29, 1.82) is 0 Å². The zero-order valence-corrected chi connectivity index (χ0v) is 16.9. The van der Waals surface area contributed by atoms with Crippen LogP contribution in [0.25, 0.3) is 16.5 Å². The number of furan rings is 1. The summed E-state index contributed by atoms with van der Waals surface area (Å²) in [6, 6.07) is 7.35. The molecule has 1 aliphatic rings. The number of benzene rings is 2. The quantitative estimate of drug-likeness (QED) is 0.640. The molecule has 1 aliphatic heterocycles. The number of fused-ring (bicyclic) bond motifs is 2. The number of carbonyl (C=O) groups is 1. The minimum atomic E-state index is -0.233. The Morgan fingerprint density at radius 1 is 1.14 bits per heavy atom. The van der Waals surface area contributed by atoms with Crippen molar-refractivity contribution in [1.82, 2.24) is 0 Å². The number of amides is 1. The van der Waals surface area contributed by atoms with Gasteiger partial charge in [-0.15, -0.1) is 0 Å². The minimum Gasteiger partial charge on any atom is -0.496 e. The number of anilines is 1. The number of carbonyl (C=O) groups excluding carboxylic acids is 1. The van der Waals surface area contributed by atoms with Gasteiger partial charge in [0.25, 0.3) is 0 Å². The Morgan fingerprint density at radius 2 is 1.90 bits per heavy atom. The highest BCUT2D eigenvalue weighted by molar-refractivity contribution is 6.05. The Morgan fingerprint density at radius 3 is 2.66 bits per heavy atom. The first kappa shape index (κ1) is 18.9. The molecule has 3 aromatic rings. The lowest BCUT2D eigenvalue weighted by Crippen LogP contribution is -2.16. The molecular weight excluding hydrogens is 370 g/mol. The van der Waals surface area contributed by atoms with Crippen molar-refractivity contribution in [2.45, 2.75) is 20.8 Å². The first-order valence-electron chi connectivity index (χ1n) is 9.42. The van der Waals surface area contributed by atoms with Gasteiger partial charge < -0.3 is 23.9 Å². The van der Waals surface area contributed by atoms with Gasteiger partial charge >= 0.3 is 0 Å². The first-order valence-corrected chi connectivity index (χ1v) is 9.42. The highest BCUT2D eigenvalue weighted by Crippen LogP contribution is 2.37. The predicted molar refractivity (Wildman–Crippen MR) is 112 cm³/mol. The molecule has 0 bridgehead atoms. The Balaban J connectivity index is 1.63. The molecule has 0 saturated heterocycles. The van der Waals surface area contributed by atoms with Crippen LogP contribution < -0.4 is 19.5 Å². The molecule has 0 atom stereocenters. The molecule has 150 valence electrons. The molecule has 0 aliphatic carbocycles. The van der Waals surface area contributed by atoms with Gasteiger partial charge in [0.15, 0.2) is 11.5 Å². The topological polar surface area (TPSA) is 69.9 Å². The molecule has 29 heavy (non-hydrogen) atoms. The summed E-state index contributed by atoms with van der Waals surface area (Å²) in [5, 5.41) is 3.89. The molecule has 4 rings (SSSR count). The molecule has 0 fully saturated rings. The van der Waals surface area contributed by atoms with E-state index in [-0.39, 0.29) is 5.91 Å². The second-order valence-corrected chi connectivity index (χ2v) is 7.05. The summed E-state index contributed by atoms with van der Waals surface area (Å²) in [5.41, 5.74) is 5.06. The summed E-state index contributed by atoms with van der Waals surface area (Å²) in [6.45, 7) is 6.87. The maximum absolute atomic E-state index is 12.6. The fraction of sp³-hybridized carbons (Fsp3) is 0.261. The van der Waals surface area contributed by atoms with Crippen LogP contribution in [0, 0.1) is 13.8 Å². The number of hydrogen-bond donors (Lipinski definition) is 1. The molecular formula is C23H23NO5. The molecule has 1 aromatic heterocycles. The van der Waals surface area contributed by atoms with Crippen molar-refractivity contribution < 1.29 is 23.4 Å². The maximum Gasteiger partial charge on any atom is 0.248 e. The van der Waals surface area contributed by atoms with Gasteiger partial charge in [-0.3, -0.25) is 4.79 Å². The fourth-order valence-electron chi connectivity index (χ4n) is 3.57. The van der Waals surface area contributed by atoms with Crippen molar-refractivity contribution in [3.63, 3.8) is 0 Å². The molecule has 0 radical (unpaired) electrons. The van der Waals surface area contributed by atoms with Crippen LogP contribution in [-0.4, -0.2) is 26.2 Å². The van der Waals surface area contributed by atoms with Crippen molar-refractivity contribution in [3.05, 3.63) is 53.3 Å². The van der Waals surface area contributed by atoms with Crippen LogP contribution in [-0.2, 0) is 4.79 Å². The molecule has 0 unspecified atom stereocenters. The van der Waals surface area contributed by atoms with E-state index in [4.69, 9.17) is 18.6 Å². The third-order valence-electron chi connectivity index (χ3n) is 5.02. The normalized spacial score (nSPS) is 13.4. The zero-order chi connectivity index (χ0) is 20.5. The number of rotatable bonds is 4. The lowest BCUT2D eigenvalue weighted by atomic mass is 9.98. The van der Waals surface area contributed by atoms with Crippen molar-refractivity contribution >= 4 is 28.1 Å². The van der Waals surface area contributed by atoms with E-state index in [0.29, 0.717) is 36.1 Å². The van der Waals surface area contributed by atoms with E-state index in [0.717, 1.165) is 33.2 Å². The lowest BCUT2D eigenvalue weighted by Gasteiger charge is -2.18. The van der Waals surface area contributed by atoms with Crippen LogP contribution in [0.1, 0.15) is 23.6 Å². The predicted octanol–water partition coefficient (Wildman–Crippen LogP) is 4.87. The number of methoxy groups -OCH3 is 1. The third kappa shape index (κ3) is 3.53. The smallest absolute Gasteiger partial charge is 0.248 e. The second-order valence-electron chi connectivity index (χ2n) is 7.05. The average Bonchev–Trinajstić information content (AvgIpc) is 3.08. The van der Waals surface area contributed by atoms with Gasteiger partial charge in [0.1, 0.15) is 24.5 Å². The molecule has 2 aromatic carbocycles. The van der Waals surface area contributed by atoms with E-state index in [1.807, 2.05) is 26.8 Å².